The lowest BCUT2D eigenvalue weighted by Gasteiger charge is -2.42. The average molecular weight is 508 g/mol. The number of hydrogen-bond acceptors (Lipinski definition) is 8. The summed E-state index contributed by atoms with van der Waals surface area (Å²) in [7, 11) is -2.40. The molecule has 0 unspecified atom stereocenters. The van der Waals surface area contributed by atoms with Gasteiger partial charge in [-0.3, -0.25) is 24.5 Å². The number of aliphatic hydroxyl groups excluding tert-OH is 1. The van der Waals surface area contributed by atoms with Crippen LogP contribution in [-0.4, -0.2) is 46.4 Å². The minimum Gasteiger partial charge on any atom is -0.408 e. The third kappa shape index (κ3) is 5.46. The highest BCUT2D eigenvalue weighted by atomic mass is 28.4. The van der Waals surface area contributed by atoms with E-state index in [2.05, 4.69) is 25.8 Å². The summed E-state index contributed by atoms with van der Waals surface area (Å²) in [6, 6.07) is 6.14. The zero-order valence-corrected chi connectivity index (χ0v) is 21.9. The molecule has 1 aliphatic heterocycles. The highest BCUT2D eigenvalue weighted by Crippen LogP contribution is 2.45. The van der Waals surface area contributed by atoms with Gasteiger partial charge in [-0.1, -0.05) is 32.9 Å². The molecule has 3 rings (SSSR count). The van der Waals surface area contributed by atoms with Gasteiger partial charge in [-0.25, -0.2) is 4.79 Å². The Morgan fingerprint density at radius 2 is 1.97 bits per heavy atom. The summed E-state index contributed by atoms with van der Waals surface area (Å²) in [4.78, 5) is 37.6. The molecule has 1 saturated heterocycles. The van der Waals surface area contributed by atoms with E-state index in [-0.39, 0.29) is 23.8 Å². The van der Waals surface area contributed by atoms with E-state index in [9.17, 15) is 24.8 Å². The van der Waals surface area contributed by atoms with Gasteiger partial charge in [-0.05, 0) is 31.1 Å². The molecule has 0 aliphatic carbocycles. The van der Waals surface area contributed by atoms with Crippen LogP contribution in [0, 0.1) is 17.0 Å². The van der Waals surface area contributed by atoms with Gasteiger partial charge in [0.05, 0.1) is 23.7 Å². The second kappa shape index (κ2) is 9.78. The Balaban J connectivity index is 2.01. The molecule has 2 aromatic rings. The number of aliphatic hydroxyl groups is 1. The maximum atomic E-state index is 12.5. The van der Waals surface area contributed by atoms with Crippen LogP contribution in [0.2, 0.25) is 18.1 Å². The van der Waals surface area contributed by atoms with Crippen molar-refractivity contribution in [3.05, 3.63) is 72.5 Å². The monoisotopic (exact) mass is 507 g/mol. The van der Waals surface area contributed by atoms with E-state index in [0.29, 0.717) is 11.1 Å². The third-order valence-electron chi connectivity index (χ3n) is 6.82. The van der Waals surface area contributed by atoms with Crippen molar-refractivity contribution in [3.63, 3.8) is 0 Å². The number of H-pyrrole nitrogens is 1. The molecule has 12 heteroatoms. The number of nitro groups is 1. The second-order valence-electron chi connectivity index (χ2n) is 10.3. The molecule has 0 spiro atoms. The van der Waals surface area contributed by atoms with Crippen LogP contribution >= 0.6 is 0 Å². The minimum absolute atomic E-state index is 0.121. The van der Waals surface area contributed by atoms with Gasteiger partial charge in [0.15, 0.2) is 8.32 Å². The number of aromatic nitrogens is 2. The molecule has 2 heterocycles. The van der Waals surface area contributed by atoms with Crippen molar-refractivity contribution in [2.75, 3.05) is 6.61 Å². The first-order valence-electron chi connectivity index (χ1n) is 11.4. The Bertz CT molecular complexity index is 1200. The number of benzene rings is 1. The van der Waals surface area contributed by atoms with Gasteiger partial charge in [0, 0.05) is 24.2 Å². The lowest BCUT2D eigenvalue weighted by molar-refractivity contribution is -0.386. The fourth-order valence-electron chi connectivity index (χ4n) is 3.68. The number of hydrogen-bond donors (Lipinski definition) is 2. The lowest BCUT2D eigenvalue weighted by atomic mass is 10.1. The largest absolute Gasteiger partial charge is 0.408 e. The maximum Gasteiger partial charge on any atom is 0.330 e. The number of nitro benzene ring substituents is 1. The number of aromatic amines is 1. The Morgan fingerprint density at radius 1 is 1.31 bits per heavy atom. The third-order valence-corrected chi connectivity index (χ3v) is 11.3. The summed E-state index contributed by atoms with van der Waals surface area (Å²) in [5, 5.41) is 21.8. The standard InChI is InChI=1S/C23H33N3O8Si/c1-15-12-25(21(29)24-20(15)28)19-11-18(34-35(5,6)22(2,3)4)23(14-27,33-19)32-13-16-9-7-8-10-17(16)26(30)31/h7-10,12,18-19,27H,11,13-14H2,1-6H3,(H,24,28,29)/t18-,19+,23+/m0/s1. The summed E-state index contributed by atoms with van der Waals surface area (Å²) in [5.74, 6) is -1.69. The highest BCUT2D eigenvalue weighted by Gasteiger charge is 2.55. The molecule has 1 fully saturated rings. The smallest absolute Gasteiger partial charge is 0.330 e. The molecule has 35 heavy (non-hydrogen) atoms. The van der Waals surface area contributed by atoms with Crippen molar-refractivity contribution in [2.24, 2.45) is 0 Å². The molecular formula is C23H33N3O8Si. The van der Waals surface area contributed by atoms with E-state index in [1.165, 1.54) is 16.8 Å². The molecular weight excluding hydrogens is 474 g/mol. The normalized spacial score (nSPS) is 22.9. The summed E-state index contributed by atoms with van der Waals surface area (Å²) in [6.07, 6.45) is -0.119. The van der Waals surface area contributed by atoms with Gasteiger partial charge in [0.25, 0.3) is 11.2 Å². The molecule has 1 aromatic heterocycles. The van der Waals surface area contributed by atoms with Gasteiger partial charge in [0.2, 0.25) is 5.79 Å². The van der Waals surface area contributed by atoms with Crippen LogP contribution < -0.4 is 11.2 Å². The second-order valence-corrected chi connectivity index (χ2v) is 15.1. The van der Waals surface area contributed by atoms with Crippen LogP contribution in [0.25, 0.3) is 0 Å². The van der Waals surface area contributed by atoms with Crippen molar-refractivity contribution in [3.8, 4) is 0 Å². The predicted octanol–water partition coefficient (Wildman–Crippen LogP) is 2.97. The zero-order valence-electron chi connectivity index (χ0n) is 20.9. The first-order chi connectivity index (χ1) is 16.2. The van der Waals surface area contributed by atoms with Crippen LogP contribution in [-0.2, 0) is 20.5 Å². The number of para-hydroxylation sites is 1. The lowest BCUT2D eigenvalue weighted by Crippen LogP contribution is -2.53. The Labute approximate surface area is 203 Å². The molecule has 1 aliphatic rings. The van der Waals surface area contributed by atoms with Crippen LogP contribution in [0.5, 0.6) is 0 Å². The maximum absolute atomic E-state index is 12.5. The molecule has 3 atom stereocenters. The topological polar surface area (TPSA) is 146 Å². The van der Waals surface area contributed by atoms with Crippen molar-refractivity contribution in [1.29, 1.82) is 0 Å². The average Bonchev–Trinajstić information content (AvgIpc) is 3.12. The van der Waals surface area contributed by atoms with Crippen LogP contribution in [0.1, 0.15) is 44.5 Å². The Hall–Kier alpha value is -2.64. The number of nitrogens with one attached hydrogen (secondary N) is 1. The fraction of sp³-hybridized carbons (Fsp3) is 0.565. The molecule has 0 radical (unpaired) electrons. The molecule has 0 saturated carbocycles. The minimum atomic E-state index is -2.40. The number of aryl methyl sites for hydroxylation is 1. The van der Waals surface area contributed by atoms with E-state index >= 15 is 0 Å². The molecule has 192 valence electrons. The molecule has 0 amide bonds. The van der Waals surface area contributed by atoms with E-state index in [1.807, 2.05) is 13.1 Å². The SMILES string of the molecule is Cc1cn([C@H]2C[C@H](O[Si](C)(C)C(C)(C)C)[C@](CO)(OCc3ccccc3[N+](=O)[O-])O2)c(=O)[nH]c1=O. The highest BCUT2D eigenvalue weighted by molar-refractivity contribution is 6.74. The van der Waals surface area contributed by atoms with Gasteiger partial charge in [-0.2, -0.15) is 0 Å². The summed E-state index contributed by atoms with van der Waals surface area (Å²) in [5.41, 5.74) is -0.661. The van der Waals surface area contributed by atoms with Crippen LogP contribution in [0.3, 0.4) is 0 Å². The molecule has 0 bridgehead atoms. The summed E-state index contributed by atoms with van der Waals surface area (Å²) in [6.45, 7) is 11.0. The number of rotatable bonds is 8. The van der Waals surface area contributed by atoms with Crippen molar-refractivity contribution in [2.45, 2.75) is 77.0 Å². The van der Waals surface area contributed by atoms with Gasteiger partial charge in [-0.15, -0.1) is 0 Å². The fourth-order valence-corrected chi connectivity index (χ4v) is 5.02. The molecule has 1 aromatic carbocycles. The van der Waals surface area contributed by atoms with Gasteiger partial charge >= 0.3 is 5.69 Å². The van der Waals surface area contributed by atoms with E-state index in [1.54, 1.807) is 25.1 Å². The van der Waals surface area contributed by atoms with Crippen molar-refractivity contribution < 1.29 is 23.9 Å². The summed E-state index contributed by atoms with van der Waals surface area (Å²) >= 11 is 0. The van der Waals surface area contributed by atoms with E-state index < -0.39 is 49.2 Å². The van der Waals surface area contributed by atoms with Crippen LogP contribution in [0.4, 0.5) is 5.69 Å². The number of nitrogens with zero attached hydrogens (tertiary/aromatic N) is 2. The van der Waals surface area contributed by atoms with Crippen molar-refractivity contribution in [1.82, 2.24) is 9.55 Å². The Kier molecular flexibility index (Phi) is 7.53. The first kappa shape index (κ1) is 27.0. The van der Waals surface area contributed by atoms with E-state index in [4.69, 9.17) is 13.9 Å². The number of ether oxygens (including phenoxy) is 2. The van der Waals surface area contributed by atoms with Gasteiger partial charge < -0.3 is 19.0 Å². The quantitative estimate of drug-likeness (QED) is 0.315. The predicted molar refractivity (Wildman–Crippen MR) is 131 cm³/mol. The molecule has 11 nitrogen and oxygen atoms in total. The van der Waals surface area contributed by atoms with Gasteiger partial charge in [0.1, 0.15) is 12.3 Å². The Morgan fingerprint density at radius 3 is 2.57 bits per heavy atom. The van der Waals surface area contributed by atoms with Crippen molar-refractivity contribution >= 4 is 14.0 Å². The molecule has 2 N–H and O–H groups in total. The van der Waals surface area contributed by atoms with E-state index in [0.717, 1.165) is 0 Å². The first-order valence-corrected chi connectivity index (χ1v) is 14.3. The van der Waals surface area contributed by atoms with Crippen LogP contribution in [0.15, 0.2) is 40.1 Å². The zero-order chi connectivity index (χ0) is 26.2. The summed E-state index contributed by atoms with van der Waals surface area (Å²) < 4.78 is 20.0.